The Balaban J connectivity index is 1.03. The van der Waals surface area contributed by atoms with Crippen LogP contribution in [-0.4, -0.2) is 19.2 Å². The van der Waals surface area contributed by atoms with E-state index in [2.05, 4.69) is 22.4 Å². The smallest absolute Gasteiger partial charge is 0.314 e. The minimum Gasteiger partial charge on any atom is -0.490 e. The molecule has 0 radical (unpaired) electrons. The van der Waals surface area contributed by atoms with Crippen molar-refractivity contribution in [3.8, 4) is 17.2 Å². The van der Waals surface area contributed by atoms with Crippen LogP contribution in [0.5, 0.6) is 17.2 Å². The predicted octanol–water partition coefficient (Wildman–Crippen LogP) is 7.33. The topological polar surface area (TPSA) is 69.5 Å². The Hall–Kier alpha value is -3.64. The number of hydrogen-bond acceptors (Lipinski definition) is 6. The fourth-order valence-electron chi connectivity index (χ4n) is 4.40. The minimum absolute atomic E-state index is 0.0151. The van der Waals surface area contributed by atoms with E-state index in [1.807, 2.05) is 24.3 Å². The van der Waals surface area contributed by atoms with Crippen molar-refractivity contribution in [3.05, 3.63) is 90.0 Å². The summed E-state index contributed by atoms with van der Waals surface area (Å²) in [5.41, 5.74) is 1.46. The fourth-order valence-corrected chi connectivity index (χ4v) is 4.52. The van der Waals surface area contributed by atoms with Crippen LogP contribution in [0.1, 0.15) is 12.8 Å². The van der Waals surface area contributed by atoms with E-state index < -0.39 is 0 Å². The molecule has 2 bridgehead atoms. The Labute approximate surface area is 209 Å². The van der Waals surface area contributed by atoms with E-state index >= 15 is 0 Å². The van der Waals surface area contributed by atoms with Crippen molar-refractivity contribution < 1.29 is 19.0 Å². The molecule has 178 valence electrons. The van der Waals surface area contributed by atoms with Crippen LogP contribution in [0.4, 0.5) is 11.4 Å². The molecule has 0 heterocycles. The lowest BCUT2D eigenvalue weighted by Gasteiger charge is -2.16. The lowest BCUT2D eigenvalue weighted by molar-refractivity contribution is -0.139. The average molecular weight is 489 g/mol. The normalized spacial score (nSPS) is 20.3. The van der Waals surface area contributed by atoms with Gasteiger partial charge in [-0.15, -0.1) is 0 Å². The fraction of sp³-hybridized carbons (Fsp3) is 0.250. The van der Waals surface area contributed by atoms with Crippen molar-refractivity contribution in [1.29, 1.82) is 0 Å². The molecule has 0 amide bonds. The standard InChI is InChI=1S/C28H25ClN2O4/c29-21-3-5-22(6-4-21)30-31-23-7-9-24(10-8-23)33-15-16-34-25-11-13-26(14-12-25)35-28(32)27-18-19-1-2-20(27)17-19/h1-14,19-20,27H,15-18H2/b31-30+. The monoisotopic (exact) mass is 488 g/mol. The predicted molar refractivity (Wildman–Crippen MR) is 134 cm³/mol. The third kappa shape index (κ3) is 6.08. The number of ether oxygens (including phenoxy) is 3. The molecule has 7 heteroatoms. The van der Waals surface area contributed by atoms with Gasteiger partial charge in [-0.25, -0.2) is 0 Å². The lowest BCUT2D eigenvalue weighted by Crippen LogP contribution is -2.23. The molecule has 3 aromatic carbocycles. The van der Waals surface area contributed by atoms with Gasteiger partial charge in [0.25, 0.3) is 0 Å². The van der Waals surface area contributed by atoms with Crippen molar-refractivity contribution in [1.82, 2.24) is 0 Å². The molecule has 0 aliphatic heterocycles. The number of benzene rings is 3. The van der Waals surface area contributed by atoms with E-state index in [4.69, 9.17) is 25.8 Å². The second kappa shape index (κ2) is 10.7. The number of azo groups is 1. The van der Waals surface area contributed by atoms with Crippen LogP contribution in [0.3, 0.4) is 0 Å². The van der Waals surface area contributed by atoms with Gasteiger partial charge in [-0.05, 0) is 97.5 Å². The van der Waals surface area contributed by atoms with Crippen LogP contribution in [-0.2, 0) is 4.79 Å². The molecule has 2 aliphatic carbocycles. The van der Waals surface area contributed by atoms with Crippen LogP contribution in [0.25, 0.3) is 0 Å². The van der Waals surface area contributed by atoms with E-state index in [0.29, 0.717) is 41.6 Å². The maximum atomic E-state index is 12.4. The van der Waals surface area contributed by atoms with E-state index in [1.54, 1.807) is 48.5 Å². The van der Waals surface area contributed by atoms with Crippen molar-refractivity contribution in [3.63, 3.8) is 0 Å². The maximum absolute atomic E-state index is 12.4. The second-order valence-electron chi connectivity index (χ2n) is 8.65. The zero-order valence-electron chi connectivity index (χ0n) is 19.0. The molecule has 1 fully saturated rings. The molecule has 0 spiro atoms. The van der Waals surface area contributed by atoms with Crippen molar-refractivity contribution >= 4 is 28.9 Å². The second-order valence-corrected chi connectivity index (χ2v) is 9.08. The van der Waals surface area contributed by atoms with Crippen LogP contribution >= 0.6 is 11.6 Å². The Morgan fingerprint density at radius 3 is 1.83 bits per heavy atom. The lowest BCUT2D eigenvalue weighted by atomic mass is 9.94. The highest BCUT2D eigenvalue weighted by atomic mass is 35.5. The highest BCUT2D eigenvalue weighted by Crippen LogP contribution is 2.44. The highest BCUT2D eigenvalue weighted by Gasteiger charge is 2.40. The molecule has 0 N–H and O–H groups in total. The van der Waals surface area contributed by atoms with Crippen LogP contribution in [0.2, 0.25) is 5.02 Å². The summed E-state index contributed by atoms with van der Waals surface area (Å²) in [5.74, 6) is 2.67. The molecule has 1 saturated carbocycles. The highest BCUT2D eigenvalue weighted by molar-refractivity contribution is 6.30. The van der Waals surface area contributed by atoms with Crippen LogP contribution in [0.15, 0.2) is 95.2 Å². The van der Waals surface area contributed by atoms with Gasteiger partial charge in [0.05, 0.1) is 17.3 Å². The molecule has 0 aromatic heterocycles. The molecule has 5 rings (SSSR count). The summed E-state index contributed by atoms with van der Waals surface area (Å²) in [4.78, 5) is 12.4. The number of carbonyl (C=O) groups excluding carboxylic acids is 1. The maximum Gasteiger partial charge on any atom is 0.314 e. The third-order valence-corrected chi connectivity index (χ3v) is 6.44. The van der Waals surface area contributed by atoms with E-state index in [1.165, 1.54) is 0 Å². The number of halogens is 1. The van der Waals surface area contributed by atoms with E-state index in [9.17, 15) is 4.79 Å². The summed E-state index contributed by atoms with van der Waals surface area (Å²) in [7, 11) is 0. The molecular weight excluding hydrogens is 464 g/mol. The van der Waals surface area contributed by atoms with Gasteiger partial charge in [-0.2, -0.15) is 10.2 Å². The summed E-state index contributed by atoms with van der Waals surface area (Å²) in [6.45, 7) is 0.773. The van der Waals surface area contributed by atoms with Gasteiger partial charge < -0.3 is 14.2 Å². The Bertz CT molecular complexity index is 1210. The molecule has 6 nitrogen and oxygen atoms in total. The van der Waals surface area contributed by atoms with Crippen molar-refractivity contribution in [2.24, 2.45) is 28.0 Å². The number of rotatable bonds is 9. The minimum atomic E-state index is -0.138. The number of fused-ring (bicyclic) bond motifs is 2. The number of allylic oxidation sites excluding steroid dienone is 2. The molecule has 2 aliphatic rings. The molecule has 3 aromatic rings. The Morgan fingerprint density at radius 2 is 1.29 bits per heavy atom. The molecule has 0 saturated heterocycles. The van der Waals surface area contributed by atoms with Gasteiger partial charge in [0.2, 0.25) is 0 Å². The molecule has 3 atom stereocenters. The number of esters is 1. The zero-order valence-corrected chi connectivity index (χ0v) is 19.8. The Kier molecular flexibility index (Phi) is 7.09. The summed E-state index contributed by atoms with van der Waals surface area (Å²) in [5, 5.41) is 9.05. The van der Waals surface area contributed by atoms with Crippen molar-refractivity contribution in [2.75, 3.05) is 13.2 Å². The summed E-state index contributed by atoms with van der Waals surface area (Å²) >= 11 is 5.87. The van der Waals surface area contributed by atoms with Gasteiger partial charge in [-0.1, -0.05) is 23.8 Å². The summed E-state index contributed by atoms with van der Waals surface area (Å²) < 4.78 is 17.0. The van der Waals surface area contributed by atoms with Gasteiger partial charge in [-0.3, -0.25) is 4.79 Å². The summed E-state index contributed by atoms with van der Waals surface area (Å²) in [6, 6.07) is 21.6. The van der Waals surface area contributed by atoms with E-state index in [-0.39, 0.29) is 11.9 Å². The summed E-state index contributed by atoms with van der Waals surface area (Å²) in [6.07, 6.45) is 6.35. The first kappa shape index (κ1) is 23.1. The van der Waals surface area contributed by atoms with Crippen molar-refractivity contribution in [2.45, 2.75) is 12.8 Å². The SMILES string of the molecule is O=C(Oc1ccc(OCCOc2ccc(/N=N/c3ccc(Cl)cc3)cc2)cc1)C1CC2C=CC1C2. The first-order valence-corrected chi connectivity index (χ1v) is 12.0. The Morgan fingerprint density at radius 1 is 0.743 bits per heavy atom. The van der Waals surface area contributed by atoms with Crippen LogP contribution in [0, 0.1) is 17.8 Å². The van der Waals surface area contributed by atoms with Crippen LogP contribution < -0.4 is 14.2 Å². The van der Waals surface area contributed by atoms with E-state index in [0.717, 1.165) is 30.0 Å². The van der Waals surface area contributed by atoms with Gasteiger partial charge >= 0.3 is 5.97 Å². The van der Waals surface area contributed by atoms with Gasteiger partial charge in [0.15, 0.2) is 0 Å². The first-order valence-electron chi connectivity index (χ1n) is 11.7. The molecule has 35 heavy (non-hydrogen) atoms. The number of nitrogens with zero attached hydrogens (tertiary/aromatic N) is 2. The van der Waals surface area contributed by atoms with Gasteiger partial charge in [0, 0.05) is 5.02 Å². The average Bonchev–Trinajstić information content (AvgIpc) is 3.52. The first-order chi connectivity index (χ1) is 17.1. The quantitative estimate of drug-likeness (QED) is 0.104. The molecule has 3 unspecified atom stereocenters. The van der Waals surface area contributed by atoms with Gasteiger partial charge in [0.1, 0.15) is 30.5 Å². The largest absolute Gasteiger partial charge is 0.490 e. The number of carbonyl (C=O) groups is 1. The zero-order chi connectivity index (χ0) is 24.0. The third-order valence-electron chi connectivity index (χ3n) is 6.19. The molecular formula is C28H25ClN2O4. The number of hydrogen-bond donors (Lipinski definition) is 0.